The topological polar surface area (TPSA) is 61.3 Å². The summed E-state index contributed by atoms with van der Waals surface area (Å²) in [6.07, 6.45) is 3.34. The molecule has 3 heterocycles. The largest absolute Gasteiger partial charge is 0.363 e. The average Bonchev–Trinajstić information content (AvgIpc) is 2.97. The molecule has 3 rings (SSSR count). The summed E-state index contributed by atoms with van der Waals surface area (Å²) in [5, 5.41) is 7.57. The Morgan fingerprint density at radius 3 is 2.65 bits per heavy atom. The molecule has 0 amide bonds. The summed E-state index contributed by atoms with van der Waals surface area (Å²) in [6.45, 7) is 0. The number of ether oxygens (including phenoxy) is 1. The van der Waals surface area contributed by atoms with E-state index in [1.807, 2.05) is 6.07 Å². The molecule has 1 aliphatic rings. The summed E-state index contributed by atoms with van der Waals surface area (Å²) in [5.41, 5.74) is 0.936. The number of nitrogens with zero attached hydrogens (tertiary/aromatic N) is 2. The van der Waals surface area contributed by atoms with E-state index in [-0.39, 0.29) is 12.2 Å². The molecule has 2 aromatic heterocycles. The Balaban J connectivity index is 1.76. The fourth-order valence-corrected chi connectivity index (χ4v) is 2.66. The minimum absolute atomic E-state index is 0.00972. The highest BCUT2D eigenvalue weighted by atomic mass is 79.9. The molecule has 0 aromatic carbocycles. The smallest absolute Gasteiger partial charge is 0.166 e. The third kappa shape index (κ3) is 2.19. The second kappa shape index (κ2) is 4.55. The van der Waals surface area contributed by atoms with Crippen LogP contribution in [0.3, 0.4) is 0 Å². The van der Waals surface area contributed by atoms with Crippen LogP contribution in [-0.2, 0) is 4.74 Å². The Bertz CT molecular complexity index is 525. The number of aromatic nitrogens is 2. The van der Waals surface area contributed by atoms with Crippen LogP contribution in [0.15, 0.2) is 30.6 Å². The Morgan fingerprint density at radius 1 is 1.18 bits per heavy atom. The van der Waals surface area contributed by atoms with Crippen molar-refractivity contribution < 1.29 is 13.8 Å². The highest BCUT2D eigenvalue weighted by Gasteiger charge is 2.32. The van der Waals surface area contributed by atoms with Gasteiger partial charge in [-0.05, 0) is 44.7 Å². The lowest BCUT2D eigenvalue weighted by Gasteiger charge is -2.09. The van der Waals surface area contributed by atoms with Crippen molar-refractivity contribution in [1.29, 1.82) is 0 Å². The van der Waals surface area contributed by atoms with Crippen molar-refractivity contribution in [1.82, 2.24) is 10.3 Å². The molecule has 90 valence electrons. The van der Waals surface area contributed by atoms with E-state index in [2.05, 4.69) is 42.2 Å². The molecule has 7 heteroatoms. The summed E-state index contributed by atoms with van der Waals surface area (Å²) < 4.78 is 17.3. The van der Waals surface area contributed by atoms with Crippen molar-refractivity contribution >= 4 is 31.9 Å². The highest BCUT2D eigenvalue weighted by molar-refractivity contribution is 9.10. The molecule has 0 spiro atoms. The van der Waals surface area contributed by atoms with E-state index < -0.39 is 0 Å². The van der Waals surface area contributed by atoms with Crippen molar-refractivity contribution in [2.75, 3.05) is 0 Å². The molecule has 0 bridgehead atoms. The minimum atomic E-state index is -0.0550. The van der Waals surface area contributed by atoms with Gasteiger partial charge in [-0.3, -0.25) is 0 Å². The Morgan fingerprint density at radius 2 is 2.00 bits per heavy atom. The van der Waals surface area contributed by atoms with Gasteiger partial charge in [0.2, 0.25) is 0 Å². The first-order valence-electron chi connectivity index (χ1n) is 5.11. The number of halogens is 2. The van der Waals surface area contributed by atoms with Gasteiger partial charge in [0, 0.05) is 6.07 Å². The van der Waals surface area contributed by atoms with E-state index in [4.69, 9.17) is 13.8 Å². The second-order valence-corrected chi connectivity index (χ2v) is 5.37. The fourth-order valence-electron chi connectivity index (χ4n) is 1.93. The Hall–Kier alpha value is -0.660. The lowest BCUT2D eigenvalue weighted by molar-refractivity contribution is 0.0277. The van der Waals surface area contributed by atoms with Gasteiger partial charge in [-0.2, -0.15) is 0 Å². The quantitative estimate of drug-likeness (QED) is 0.812. The van der Waals surface area contributed by atoms with Crippen LogP contribution in [0.1, 0.15) is 36.4 Å². The summed E-state index contributed by atoms with van der Waals surface area (Å²) in [5.74, 6) is 0.743. The van der Waals surface area contributed by atoms with E-state index in [1.165, 1.54) is 0 Å². The predicted molar refractivity (Wildman–Crippen MR) is 64.2 cm³/mol. The van der Waals surface area contributed by atoms with Gasteiger partial charge in [0.05, 0.1) is 11.7 Å². The molecule has 0 radical (unpaired) electrons. The van der Waals surface area contributed by atoms with Crippen LogP contribution in [-0.4, -0.2) is 10.3 Å². The summed E-state index contributed by atoms with van der Waals surface area (Å²) in [7, 11) is 0. The SMILES string of the molecule is Brc1cc([C@H]2CC[C@H](c3conc3Br)O2)on1. The lowest BCUT2D eigenvalue weighted by Crippen LogP contribution is -1.98. The normalized spacial score (nSPS) is 24.4. The molecule has 5 nitrogen and oxygen atoms in total. The fraction of sp³-hybridized carbons (Fsp3) is 0.400. The molecule has 2 aromatic rings. The highest BCUT2D eigenvalue weighted by Crippen LogP contribution is 2.42. The molecule has 17 heavy (non-hydrogen) atoms. The van der Waals surface area contributed by atoms with E-state index in [0.29, 0.717) is 9.21 Å². The maximum Gasteiger partial charge on any atom is 0.166 e. The van der Waals surface area contributed by atoms with Crippen LogP contribution in [0.25, 0.3) is 0 Å². The number of hydrogen-bond donors (Lipinski definition) is 0. The zero-order chi connectivity index (χ0) is 11.8. The molecule has 1 saturated heterocycles. The lowest BCUT2D eigenvalue weighted by atomic mass is 10.1. The maximum atomic E-state index is 5.90. The molecule has 1 fully saturated rings. The van der Waals surface area contributed by atoms with Crippen LogP contribution in [0, 0.1) is 0 Å². The standard InChI is InChI=1S/C10H8Br2N2O3/c11-9-3-8(17-13-9)7-2-1-6(16-7)5-4-15-14-10(5)12/h3-4,6-7H,1-2H2/t6-,7-/m1/s1. The number of hydrogen-bond acceptors (Lipinski definition) is 5. The van der Waals surface area contributed by atoms with Crippen LogP contribution < -0.4 is 0 Å². The Kier molecular flexibility index (Phi) is 3.06. The van der Waals surface area contributed by atoms with Gasteiger partial charge in [-0.15, -0.1) is 0 Å². The zero-order valence-corrected chi connectivity index (χ0v) is 11.8. The summed E-state index contributed by atoms with van der Waals surface area (Å²) in [4.78, 5) is 0. The van der Waals surface area contributed by atoms with Gasteiger partial charge in [0.25, 0.3) is 0 Å². The molecule has 0 N–H and O–H groups in total. The minimum Gasteiger partial charge on any atom is -0.363 e. The van der Waals surface area contributed by atoms with Crippen molar-refractivity contribution in [2.45, 2.75) is 25.0 Å². The van der Waals surface area contributed by atoms with Crippen LogP contribution in [0.5, 0.6) is 0 Å². The Labute approximate surface area is 114 Å². The molecule has 2 atom stereocenters. The van der Waals surface area contributed by atoms with Gasteiger partial charge < -0.3 is 13.8 Å². The van der Waals surface area contributed by atoms with Gasteiger partial charge in [-0.25, -0.2) is 0 Å². The van der Waals surface area contributed by atoms with Crippen molar-refractivity contribution in [3.63, 3.8) is 0 Å². The van der Waals surface area contributed by atoms with Crippen molar-refractivity contribution in [3.05, 3.63) is 32.9 Å². The van der Waals surface area contributed by atoms with Gasteiger partial charge >= 0.3 is 0 Å². The van der Waals surface area contributed by atoms with E-state index >= 15 is 0 Å². The van der Waals surface area contributed by atoms with Crippen LogP contribution in [0.4, 0.5) is 0 Å². The average molecular weight is 364 g/mol. The number of rotatable bonds is 2. The molecular formula is C10H8Br2N2O3. The first kappa shape index (κ1) is 11.4. The molecule has 0 aliphatic carbocycles. The van der Waals surface area contributed by atoms with Gasteiger partial charge in [0.1, 0.15) is 17.0 Å². The third-order valence-electron chi connectivity index (χ3n) is 2.73. The summed E-state index contributed by atoms with van der Waals surface area (Å²) in [6, 6.07) is 1.83. The molecule has 1 aliphatic heterocycles. The monoisotopic (exact) mass is 362 g/mol. The van der Waals surface area contributed by atoms with Crippen LogP contribution >= 0.6 is 31.9 Å². The maximum absolute atomic E-state index is 5.90. The summed E-state index contributed by atoms with van der Waals surface area (Å²) >= 11 is 6.58. The van der Waals surface area contributed by atoms with Crippen LogP contribution in [0.2, 0.25) is 0 Å². The van der Waals surface area contributed by atoms with Crippen molar-refractivity contribution in [2.24, 2.45) is 0 Å². The first-order chi connectivity index (χ1) is 8.24. The molecule has 0 saturated carbocycles. The predicted octanol–water partition coefficient (Wildman–Crippen LogP) is 3.78. The van der Waals surface area contributed by atoms with Gasteiger partial charge in [-0.1, -0.05) is 10.3 Å². The zero-order valence-electron chi connectivity index (χ0n) is 8.60. The third-order valence-corrected chi connectivity index (χ3v) is 3.71. The van der Waals surface area contributed by atoms with E-state index in [9.17, 15) is 0 Å². The van der Waals surface area contributed by atoms with Gasteiger partial charge in [0.15, 0.2) is 10.4 Å². The van der Waals surface area contributed by atoms with Crippen molar-refractivity contribution in [3.8, 4) is 0 Å². The van der Waals surface area contributed by atoms with E-state index in [0.717, 1.165) is 24.2 Å². The molecule has 0 unspecified atom stereocenters. The molecular weight excluding hydrogens is 356 g/mol. The first-order valence-corrected chi connectivity index (χ1v) is 6.70. The van der Waals surface area contributed by atoms with E-state index in [1.54, 1.807) is 6.26 Å². The second-order valence-electron chi connectivity index (χ2n) is 3.80.